The maximum atomic E-state index is 10.4. The zero-order chi connectivity index (χ0) is 17.1. The van der Waals surface area contributed by atoms with Crippen LogP contribution in [-0.4, -0.2) is 62.4 Å². The topological polar surface area (TPSA) is 105 Å². The number of aliphatic hydroxyl groups is 4. The van der Waals surface area contributed by atoms with E-state index in [1.807, 2.05) is 0 Å². The molecule has 0 amide bonds. The van der Waals surface area contributed by atoms with Crippen LogP contribution in [0.3, 0.4) is 0 Å². The van der Waals surface area contributed by atoms with Crippen molar-refractivity contribution < 1.29 is 20.4 Å². The van der Waals surface area contributed by atoms with Gasteiger partial charge < -0.3 is 25.7 Å². The van der Waals surface area contributed by atoms with Crippen LogP contribution < -0.4 is 5.32 Å². The van der Waals surface area contributed by atoms with Crippen molar-refractivity contribution in [3.63, 3.8) is 0 Å². The Hall–Kier alpha value is -0.340. The van der Waals surface area contributed by atoms with E-state index in [9.17, 15) is 20.4 Å². The Morgan fingerprint density at radius 1 is 1.12 bits per heavy atom. The van der Waals surface area contributed by atoms with E-state index in [4.69, 9.17) is 0 Å². The standard InChI is InChI=1S/C17H30N2O4S/c20-8-10-1-3-11(4-2-10)16(23)19-17-18-14(9-24-17)13-6-5-12(21)7-15(13)22/h10-16,20-23H,1-9H2,(H,18,19). The number of nitrogens with one attached hydrogen (secondary N) is 1. The van der Waals surface area contributed by atoms with Gasteiger partial charge in [0.1, 0.15) is 6.23 Å². The molecule has 3 rings (SSSR count). The second-order valence-corrected chi connectivity index (χ2v) is 8.57. The number of aliphatic hydroxyl groups excluding tert-OH is 4. The molecule has 3 aliphatic rings. The summed E-state index contributed by atoms with van der Waals surface area (Å²) in [7, 11) is 0. The second-order valence-electron chi connectivity index (χ2n) is 7.56. The summed E-state index contributed by atoms with van der Waals surface area (Å²) < 4.78 is 0. The van der Waals surface area contributed by atoms with Gasteiger partial charge in [0.2, 0.25) is 0 Å². The molecule has 0 radical (unpaired) electrons. The molecule has 2 fully saturated rings. The highest BCUT2D eigenvalue weighted by molar-refractivity contribution is 8.14. The van der Waals surface area contributed by atoms with Crippen molar-refractivity contribution in [3.05, 3.63) is 0 Å². The summed E-state index contributed by atoms with van der Waals surface area (Å²) in [6, 6.07) is 0.0670. The van der Waals surface area contributed by atoms with Crippen LogP contribution in [0.15, 0.2) is 4.99 Å². The molecule has 7 heteroatoms. The first kappa shape index (κ1) is 18.5. The van der Waals surface area contributed by atoms with E-state index < -0.39 is 12.3 Å². The Balaban J connectivity index is 1.49. The summed E-state index contributed by atoms with van der Waals surface area (Å²) >= 11 is 1.61. The molecular formula is C17H30N2O4S. The Morgan fingerprint density at radius 2 is 1.88 bits per heavy atom. The first-order chi connectivity index (χ1) is 11.6. The fourth-order valence-corrected chi connectivity index (χ4v) is 5.28. The largest absolute Gasteiger partial charge is 0.396 e. The SMILES string of the molecule is OCC1CCC(C(O)NC2=NC(C3CCC(O)CC3O)CS2)CC1. The third-order valence-electron chi connectivity index (χ3n) is 5.88. The molecule has 138 valence electrons. The minimum atomic E-state index is -0.590. The van der Waals surface area contributed by atoms with Gasteiger partial charge in [-0.15, -0.1) is 0 Å². The molecule has 2 aliphatic carbocycles. The van der Waals surface area contributed by atoms with Crippen molar-refractivity contribution in [1.29, 1.82) is 0 Å². The van der Waals surface area contributed by atoms with Crippen LogP contribution in [0, 0.1) is 17.8 Å². The number of hydrogen-bond donors (Lipinski definition) is 5. The van der Waals surface area contributed by atoms with Crippen molar-refractivity contribution in [2.75, 3.05) is 12.4 Å². The quantitative estimate of drug-likeness (QED) is 0.474. The molecule has 1 aliphatic heterocycles. The van der Waals surface area contributed by atoms with Gasteiger partial charge in [0.25, 0.3) is 0 Å². The van der Waals surface area contributed by atoms with E-state index in [0.29, 0.717) is 12.3 Å². The highest BCUT2D eigenvalue weighted by Gasteiger charge is 2.37. The average molecular weight is 359 g/mol. The number of nitrogens with zero attached hydrogens (tertiary/aromatic N) is 1. The summed E-state index contributed by atoms with van der Waals surface area (Å²) in [6.07, 6.45) is 4.32. The molecule has 5 atom stereocenters. The lowest BCUT2D eigenvalue weighted by molar-refractivity contribution is -0.00436. The Morgan fingerprint density at radius 3 is 2.54 bits per heavy atom. The molecule has 6 nitrogen and oxygen atoms in total. The minimum absolute atomic E-state index is 0.0670. The van der Waals surface area contributed by atoms with Gasteiger partial charge in [0.15, 0.2) is 5.17 Å². The molecule has 0 saturated heterocycles. The summed E-state index contributed by atoms with van der Waals surface area (Å²) in [4.78, 5) is 4.68. The molecule has 2 saturated carbocycles. The minimum Gasteiger partial charge on any atom is -0.396 e. The highest BCUT2D eigenvalue weighted by Crippen LogP contribution is 2.34. The van der Waals surface area contributed by atoms with Crippen LogP contribution in [0.1, 0.15) is 44.9 Å². The van der Waals surface area contributed by atoms with Gasteiger partial charge >= 0.3 is 0 Å². The third-order valence-corrected chi connectivity index (χ3v) is 6.88. The summed E-state index contributed by atoms with van der Waals surface area (Å²) in [5.41, 5.74) is 0. The van der Waals surface area contributed by atoms with Gasteiger partial charge in [-0.05, 0) is 50.9 Å². The maximum Gasteiger partial charge on any atom is 0.158 e. The predicted octanol–water partition coefficient (Wildman–Crippen LogP) is 0.686. The van der Waals surface area contributed by atoms with Crippen molar-refractivity contribution in [3.8, 4) is 0 Å². The van der Waals surface area contributed by atoms with Gasteiger partial charge in [-0.25, -0.2) is 0 Å². The van der Waals surface area contributed by atoms with Crippen molar-refractivity contribution >= 4 is 16.9 Å². The molecule has 0 aromatic rings. The van der Waals surface area contributed by atoms with Gasteiger partial charge in [0.05, 0.1) is 18.2 Å². The van der Waals surface area contributed by atoms with Crippen LogP contribution in [0.4, 0.5) is 0 Å². The predicted molar refractivity (Wildman–Crippen MR) is 94.7 cm³/mol. The molecule has 1 heterocycles. The number of aliphatic imine (C=N–C) groups is 1. The lowest BCUT2D eigenvalue weighted by Gasteiger charge is -2.33. The summed E-state index contributed by atoms with van der Waals surface area (Å²) in [5.74, 6) is 1.53. The molecule has 0 aromatic heterocycles. The monoisotopic (exact) mass is 358 g/mol. The number of amidine groups is 1. The fourth-order valence-electron chi connectivity index (χ4n) is 4.22. The van der Waals surface area contributed by atoms with Gasteiger partial charge in [-0.1, -0.05) is 11.8 Å². The summed E-state index contributed by atoms with van der Waals surface area (Å²) in [6.45, 7) is 0.249. The Bertz CT molecular complexity index is 442. The van der Waals surface area contributed by atoms with Crippen molar-refractivity contribution in [2.24, 2.45) is 22.7 Å². The lowest BCUT2D eigenvalue weighted by Crippen LogP contribution is -2.40. The van der Waals surface area contributed by atoms with E-state index in [1.165, 1.54) is 0 Å². The second kappa shape index (κ2) is 8.36. The van der Waals surface area contributed by atoms with E-state index in [1.54, 1.807) is 11.8 Å². The molecule has 0 bridgehead atoms. The highest BCUT2D eigenvalue weighted by atomic mass is 32.2. The van der Waals surface area contributed by atoms with E-state index in [-0.39, 0.29) is 30.6 Å². The van der Waals surface area contributed by atoms with Crippen molar-refractivity contribution in [2.45, 2.75) is 69.4 Å². The molecular weight excluding hydrogens is 328 g/mol. The van der Waals surface area contributed by atoms with Gasteiger partial charge in [-0.3, -0.25) is 4.99 Å². The van der Waals surface area contributed by atoms with E-state index in [2.05, 4.69) is 10.3 Å². The van der Waals surface area contributed by atoms with Crippen LogP contribution >= 0.6 is 11.8 Å². The zero-order valence-corrected chi connectivity index (χ0v) is 14.9. The molecule has 0 aromatic carbocycles. The smallest absolute Gasteiger partial charge is 0.158 e. The van der Waals surface area contributed by atoms with E-state index in [0.717, 1.165) is 49.4 Å². The normalized spacial score (nSPS) is 41.8. The molecule has 5 unspecified atom stereocenters. The van der Waals surface area contributed by atoms with Crippen LogP contribution in [0.2, 0.25) is 0 Å². The third kappa shape index (κ3) is 4.43. The average Bonchev–Trinajstić information content (AvgIpc) is 3.03. The van der Waals surface area contributed by atoms with Gasteiger partial charge in [-0.2, -0.15) is 0 Å². The Labute approximate surface area is 147 Å². The Kier molecular flexibility index (Phi) is 6.43. The molecule has 0 spiro atoms. The van der Waals surface area contributed by atoms with Crippen molar-refractivity contribution in [1.82, 2.24) is 5.32 Å². The molecule has 5 N–H and O–H groups in total. The van der Waals surface area contributed by atoms with Crippen LogP contribution in [0.5, 0.6) is 0 Å². The molecule has 24 heavy (non-hydrogen) atoms. The number of hydrogen-bond acceptors (Lipinski definition) is 7. The lowest BCUT2D eigenvalue weighted by atomic mass is 9.81. The number of thioether (sulfide) groups is 1. The van der Waals surface area contributed by atoms with E-state index >= 15 is 0 Å². The fraction of sp³-hybridized carbons (Fsp3) is 0.941. The zero-order valence-electron chi connectivity index (χ0n) is 14.0. The maximum absolute atomic E-state index is 10.4. The summed E-state index contributed by atoms with van der Waals surface area (Å²) in [5, 5.41) is 43.4. The number of rotatable bonds is 4. The van der Waals surface area contributed by atoms with Crippen LogP contribution in [0.25, 0.3) is 0 Å². The first-order valence-corrected chi connectivity index (χ1v) is 10.2. The van der Waals surface area contributed by atoms with Gasteiger partial charge in [0, 0.05) is 24.2 Å². The van der Waals surface area contributed by atoms with Crippen LogP contribution in [-0.2, 0) is 0 Å². The first-order valence-electron chi connectivity index (χ1n) is 9.19.